The van der Waals surface area contributed by atoms with E-state index in [-0.39, 0.29) is 0 Å². The average Bonchev–Trinajstić information content (AvgIpc) is 3.04. The normalized spacial score (nSPS) is 17.9. The number of hydrogen-bond donors (Lipinski definition) is 0. The van der Waals surface area contributed by atoms with Crippen molar-refractivity contribution in [3.63, 3.8) is 0 Å². The van der Waals surface area contributed by atoms with Crippen LogP contribution in [0.5, 0.6) is 0 Å². The lowest BCUT2D eigenvalue weighted by Crippen LogP contribution is -2.70. The fourth-order valence-corrected chi connectivity index (χ4v) is 12.2. The number of aryl methyl sites for hydroxylation is 4. The van der Waals surface area contributed by atoms with Crippen molar-refractivity contribution in [2.24, 2.45) is 5.92 Å². The molecule has 0 radical (unpaired) electrons. The molecule has 34 heavy (non-hydrogen) atoms. The molecule has 0 fully saturated rings. The highest BCUT2D eigenvalue weighted by atomic mass is 28.3. The monoisotopic (exact) mass is 464 g/mol. The van der Waals surface area contributed by atoms with E-state index in [4.69, 9.17) is 0 Å². The van der Waals surface area contributed by atoms with Crippen LogP contribution in [0, 0.1) is 19.8 Å². The van der Waals surface area contributed by atoms with Crippen LogP contribution in [0.2, 0.25) is 0 Å². The predicted molar refractivity (Wildman–Crippen MR) is 152 cm³/mol. The van der Waals surface area contributed by atoms with Gasteiger partial charge >= 0.3 is 0 Å². The summed E-state index contributed by atoms with van der Waals surface area (Å²) in [5.41, 5.74) is 10.2. The van der Waals surface area contributed by atoms with Gasteiger partial charge in [0.25, 0.3) is 0 Å². The third-order valence-corrected chi connectivity index (χ3v) is 13.7. The van der Waals surface area contributed by atoms with Gasteiger partial charge in [0.1, 0.15) is 0 Å². The Morgan fingerprint density at radius 1 is 0.676 bits per heavy atom. The van der Waals surface area contributed by atoms with Crippen molar-refractivity contribution in [1.29, 1.82) is 0 Å². The van der Waals surface area contributed by atoms with E-state index in [1.807, 2.05) is 0 Å². The molecule has 0 bridgehead atoms. The zero-order valence-corrected chi connectivity index (χ0v) is 23.3. The molecule has 4 rings (SSSR count). The van der Waals surface area contributed by atoms with E-state index >= 15 is 0 Å². The molecule has 0 spiro atoms. The Balaban J connectivity index is 2.24. The summed E-state index contributed by atoms with van der Waals surface area (Å²) in [7, 11) is -2.53. The number of allylic oxidation sites excluding steroid dienone is 4. The highest BCUT2D eigenvalue weighted by Crippen LogP contribution is 2.41. The van der Waals surface area contributed by atoms with Gasteiger partial charge in [0.15, 0.2) is 8.07 Å². The van der Waals surface area contributed by atoms with Gasteiger partial charge in [-0.25, -0.2) is 0 Å². The van der Waals surface area contributed by atoms with E-state index < -0.39 is 8.07 Å². The second-order valence-electron chi connectivity index (χ2n) is 10.2. The molecule has 0 heterocycles. The molecule has 0 amide bonds. The maximum atomic E-state index is 2.55. The van der Waals surface area contributed by atoms with Gasteiger partial charge in [0.2, 0.25) is 0 Å². The lowest BCUT2D eigenvalue weighted by Gasteiger charge is -2.40. The van der Waals surface area contributed by atoms with Crippen molar-refractivity contribution in [2.75, 3.05) is 0 Å². The molecule has 0 N–H and O–H groups in total. The summed E-state index contributed by atoms with van der Waals surface area (Å²) in [6.45, 7) is 18.6. The molecule has 3 aromatic rings. The molecule has 0 saturated heterocycles. The Hall–Kier alpha value is -2.64. The molecular weight excluding hydrogens is 424 g/mol. The van der Waals surface area contributed by atoms with Gasteiger partial charge in [-0.15, -0.1) is 0 Å². The Bertz CT molecular complexity index is 1250. The second-order valence-corrected chi connectivity index (χ2v) is 14.0. The van der Waals surface area contributed by atoms with Crippen LogP contribution in [0.3, 0.4) is 0 Å². The zero-order valence-electron chi connectivity index (χ0n) is 22.3. The standard InChI is InChI=1S/C33H40Si/c1-9-28-19-29(10-2)21-31(20-28)34(30-14-12-11-13-15-30,32-17-16-22(3)18-23(32)4)33-26(7)24(5)25(6)27(33)8/h11-21,26H,9-10H2,1-8H3. The minimum Gasteiger partial charge on any atom is -0.0636 e. The first-order valence-corrected chi connectivity index (χ1v) is 14.9. The van der Waals surface area contributed by atoms with Crippen LogP contribution in [0.4, 0.5) is 0 Å². The van der Waals surface area contributed by atoms with Crippen molar-refractivity contribution in [2.45, 2.75) is 68.2 Å². The average molecular weight is 465 g/mol. The first-order valence-electron chi connectivity index (χ1n) is 12.9. The Morgan fingerprint density at radius 3 is 1.79 bits per heavy atom. The maximum Gasteiger partial charge on any atom is 0.176 e. The van der Waals surface area contributed by atoms with Crippen LogP contribution < -0.4 is 15.6 Å². The summed E-state index contributed by atoms with van der Waals surface area (Å²) < 4.78 is 0. The van der Waals surface area contributed by atoms with Crippen LogP contribution in [-0.4, -0.2) is 8.07 Å². The molecule has 1 heteroatoms. The van der Waals surface area contributed by atoms with Gasteiger partial charge < -0.3 is 0 Å². The van der Waals surface area contributed by atoms with E-state index in [0.717, 1.165) is 12.8 Å². The zero-order chi connectivity index (χ0) is 24.6. The van der Waals surface area contributed by atoms with E-state index in [0.29, 0.717) is 5.92 Å². The minimum absolute atomic E-state index is 0.447. The van der Waals surface area contributed by atoms with Gasteiger partial charge in [-0.1, -0.05) is 115 Å². The van der Waals surface area contributed by atoms with Crippen molar-refractivity contribution >= 4 is 23.6 Å². The molecular formula is C33H40Si. The lowest BCUT2D eigenvalue weighted by atomic mass is 10.1. The fraction of sp³-hybridized carbons (Fsp3) is 0.333. The van der Waals surface area contributed by atoms with Crippen molar-refractivity contribution in [1.82, 2.24) is 0 Å². The molecule has 0 nitrogen and oxygen atoms in total. The quantitative estimate of drug-likeness (QED) is 0.280. The molecule has 0 saturated carbocycles. The van der Waals surface area contributed by atoms with Gasteiger partial charge in [-0.05, 0) is 85.6 Å². The predicted octanol–water partition coefficient (Wildman–Crippen LogP) is 6.74. The molecule has 3 aromatic carbocycles. The number of rotatable bonds is 6. The van der Waals surface area contributed by atoms with Crippen LogP contribution >= 0.6 is 0 Å². The van der Waals surface area contributed by atoms with Gasteiger partial charge in [-0.2, -0.15) is 0 Å². The topological polar surface area (TPSA) is 0 Å². The van der Waals surface area contributed by atoms with Crippen molar-refractivity contribution in [3.8, 4) is 0 Å². The second kappa shape index (κ2) is 9.54. The van der Waals surface area contributed by atoms with Gasteiger partial charge in [0, 0.05) is 0 Å². The summed E-state index contributed by atoms with van der Waals surface area (Å²) in [5, 5.41) is 6.27. The molecule has 1 aliphatic rings. The Labute approximate surface area is 208 Å². The number of benzene rings is 3. The minimum atomic E-state index is -2.53. The van der Waals surface area contributed by atoms with Crippen LogP contribution in [0.15, 0.2) is 88.6 Å². The molecule has 0 aliphatic heterocycles. The smallest absolute Gasteiger partial charge is 0.0636 e. The summed E-state index contributed by atoms with van der Waals surface area (Å²) >= 11 is 0. The largest absolute Gasteiger partial charge is 0.176 e. The fourth-order valence-electron chi connectivity index (χ4n) is 6.21. The highest BCUT2D eigenvalue weighted by molar-refractivity contribution is 7.16. The van der Waals surface area contributed by atoms with E-state index in [1.165, 1.54) is 44.2 Å². The van der Waals surface area contributed by atoms with Crippen LogP contribution in [0.1, 0.15) is 63.8 Å². The highest BCUT2D eigenvalue weighted by Gasteiger charge is 2.48. The maximum absolute atomic E-state index is 2.55. The van der Waals surface area contributed by atoms with Crippen LogP contribution in [-0.2, 0) is 12.8 Å². The molecule has 2 unspecified atom stereocenters. The first-order chi connectivity index (χ1) is 16.2. The summed E-state index contributed by atoms with van der Waals surface area (Å²) in [4.78, 5) is 0. The van der Waals surface area contributed by atoms with Crippen LogP contribution in [0.25, 0.3) is 0 Å². The lowest BCUT2D eigenvalue weighted by molar-refractivity contribution is 0.851. The van der Waals surface area contributed by atoms with E-state index in [2.05, 4.69) is 122 Å². The molecule has 2 atom stereocenters. The molecule has 1 aliphatic carbocycles. The SMILES string of the molecule is CCc1cc(CC)cc([Si](C2=C(C)C(C)=C(C)C2C)(c2ccccc2)c2ccc(C)cc2C)c1. The third-order valence-electron chi connectivity index (χ3n) is 8.34. The van der Waals surface area contributed by atoms with E-state index in [9.17, 15) is 0 Å². The summed E-state index contributed by atoms with van der Waals surface area (Å²) in [6, 6.07) is 26.2. The Morgan fingerprint density at radius 2 is 1.29 bits per heavy atom. The van der Waals surface area contributed by atoms with Gasteiger partial charge in [-0.3, -0.25) is 0 Å². The third kappa shape index (κ3) is 3.84. The molecule has 0 aromatic heterocycles. The Kier molecular flexibility index (Phi) is 6.87. The summed E-state index contributed by atoms with van der Waals surface area (Å²) in [6.07, 6.45) is 2.13. The molecule has 176 valence electrons. The van der Waals surface area contributed by atoms with E-state index in [1.54, 1.807) is 15.6 Å². The van der Waals surface area contributed by atoms with Gasteiger partial charge in [0.05, 0.1) is 0 Å². The summed E-state index contributed by atoms with van der Waals surface area (Å²) in [5.74, 6) is 0.447. The van der Waals surface area contributed by atoms with Crippen molar-refractivity contribution in [3.05, 3.63) is 111 Å². The van der Waals surface area contributed by atoms with Crippen molar-refractivity contribution < 1.29 is 0 Å². The first kappa shape index (κ1) is 24.5. The number of hydrogen-bond acceptors (Lipinski definition) is 0.